The van der Waals surface area contributed by atoms with Crippen LogP contribution in [0.2, 0.25) is 0 Å². The molecule has 0 fully saturated rings. The molecular weight excluding hydrogens is 280 g/mol. The molecule has 0 aliphatic carbocycles. The molecule has 0 atom stereocenters. The standard InChI is InChI=1S/C13H13BrN2O/c1-2-16-11-7-13(9-15-8-11)17-12-5-3-10(14)4-6-12/h3-9,16H,2H2,1H3. The van der Waals surface area contributed by atoms with Crippen LogP contribution in [0.5, 0.6) is 11.5 Å². The van der Waals surface area contributed by atoms with E-state index in [1.165, 1.54) is 0 Å². The molecule has 0 unspecified atom stereocenters. The Kier molecular flexibility index (Phi) is 3.98. The number of anilines is 1. The Bertz CT molecular complexity index is 485. The first-order chi connectivity index (χ1) is 8.28. The lowest BCUT2D eigenvalue weighted by atomic mass is 10.3. The van der Waals surface area contributed by atoms with Crippen LogP contribution in [0.4, 0.5) is 5.69 Å². The Morgan fingerprint density at radius 1 is 1.18 bits per heavy atom. The third-order valence-electron chi connectivity index (χ3n) is 2.14. The zero-order valence-corrected chi connectivity index (χ0v) is 11.1. The van der Waals surface area contributed by atoms with Crippen molar-refractivity contribution in [2.45, 2.75) is 6.92 Å². The van der Waals surface area contributed by atoms with Gasteiger partial charge < -0.3 is 10.1 Å². The molecule has 0 saturated carbocycles. The van der Waals surface area contributed by atoms with E-state index in [1.54, 1.807) is 12.4 Å². The van der Waals surface area contributed by atoms with E-state index in [-0.39, 0.29) is 0 Å². The number of ether oxygens (including phenoxy) is 1. The first-order valence-electron chi connectivity index (χ1n) is 5.40. The predicted molar refractivity (Wildman–Crippen MR) is 72.6 cm³/mol. The zero-order valence-electron chi connectivity index (χ0n) is 9.48. The molecule has 3 nitrogen and oxygen atoms in total. The number of benzene rings is 1. The van der Waals surface area contributed by atoms with Gasteiger partial charge in [0.1, 0.15) is 11.5 Å². The van der Waals surface area contributed by atoms with Crippen molar-refractivity contribution in [2.75, 3.05) is 11.9 Å². The Labute approximate surface area is 109 Å². The van der Waals surface area contributed by atoms with Crippen LogP contribution in [-0.2, 0) is 0 Å². The minimum atomic E-state index is 0.728. The summed E-state index contributed by atoms with van der Waals surface area (Å²) in [5, 5.41) is 3.19. The van der Waals surface area contributed by atoms with Gasteiger partial charge in [-0.3, -0.25) is 4.98 Å². The molecule has 0 aliphatic heterocycles. The highest BCUT2D eigenvalue weighted by Crippen LogP contribution is 2.24. The van der Waals surface area contributed by atoms with Gasteiger partial charge in [0.15, 0.2) is 0 Å². The predicted octanol–water partition coefficient (Wildman–Crippen LogP) is 4.07. The Hall–Kier alpha value is -1.55. The molecule has 0 radical (unpaired) electrons. The molecule has 0 aliphatic rings. The number of halogens is 1. The number of aromatic nitrogens is 1. The van der Waals surface area contributed by atoms with Crippen molar-refractivity contribution >= 4 is 21.6 Å². The van der Waals surface area contributed by atoms with Crippen LogP contribution in [-0.4, -0.2) is 11.5 Å². The molecule has 1 N–H and O–H groups in total. The molecule has 0 spiro atoms. The summed E-state index contributed by atoms with van der Waals surface area (Å²) in [6.45, 7) is 2.91. The molecule has 0 amide bonds. The fraction of sp³-hybridized carbons (Fsp3) is 0.154. The van der Waals surface area contributed by atoms with Crippen LogP contribution < -0.4 is 10.1 Å². The van der Waals surface area contributed by atoms with Crippen LogP contribution in [0.15, 0.2) is 47.2 Å². The summed E-state index contributed by atoms with van der Waals surface area (Å²) in [5.74, 6) is 1.52. The van der Waals surface area contributed by atoms with Crippen LogP contribution in [0, 0.1) is 0 Å². The van der Waals surface area contributed by atoms with E-state index in [1.807, 2.05) is 37.3 Å². The molecule has 4 heteroatoms. The van der Waals surface area contributed by atoms with E-state index in [0.717, 1.165) is 28.2 Å². The van der Waals surface area contributed by atoms with Crippen molar-refractivity contribution < 1.29 is 4.74 Å². The molecule has 1 aromatic carbocycles. The summed E-state index contributed by atoms with van der Waals surface area (Å²) < 4.78 is 6.73. The van der Waals surface area contributed by atoms with Crippen molar-refractivity contribution in [3.8, 4) is 11.5 Å². The van der Waals surface area contributed by atoms with Crippen molar-refractivity contribution in [2.24, 2.45) is 0 Å². The molecule has 1 aromatic heterocycles. The molecule has 1 heterocycles. The second-order valence-corrected chi connectivity index (χ2v) is 4.41. The summed E-state index contributed by atoms with van der Waals surface area (Å²) in [5.41, 5.74) is 0.960. The topological polar surface area (TPSA) is 34.2 Å². The van der Waals surface area contributed by atoms with Crippen LogP contribution in [0.1, 0.15) is 6.92 Å². The molecule has 2 aromatic rings. The zero-order chi connectivity index (χ0) is 12.1. The van der Waals surface area contributed by atoms with E-state index in [9.17, 15) is 0 Å². The van der Waals surface area contributed by atoms with Gasteiger partial charge in [0.25, 0.3) is 0 Å². The third-order valence-corrected chi connectivity index (χ3v) is 2.67. The SMILES string of the molecule is CCNc1cncc(Oc2ccc(Br)cc2)c1. The molecule has 17 heavy (non-hydrogen) atoms. The number of pyridine rings is 1. The van der Waals surface area contributed by atoms with E-state index in [0.29, 0.717) is 0 Å². The summed E-state index contributed by atoms with van der Waals surface area (Å²) >= 11 is 3.39. The fourth-order valence-electron chi connectivity index (χ4n) is 1.41. The average molecular weight is 293 g/mol. The van der Waals surface area contributed by atoms with Gasteiger partial charge in [-0.25, -0.2) is 0 Å². The Morgan fingerprint density at radius 3 is 2.65 bits per heavy atom. The first-order valence-corrected chi connectivity index (χ1v) is 6.19. The van der Waals surface area contributed by atoms with Crippen molar-refractivity contribution in [3.63, 3.8) is 0 Å². The molecule has 88 valence electrons. The quantitative estimate of drug-likeness (QED) is 0.922. The Balaban J connectivity index is 2.12. The number of nitrogens with one attached hydrogen (secondary N) is 1. The van der Waals surface area contributed by atoms with Crippen molar-refractivity contribution in [1.82, 2.24) is 4.98 Å². The first kappa shape index (κ1) is 11.9. The third kappa shape index (κ3) is 3.46. The lowest BCUT2D eigenvalue weighted by Gasteiger charge is -2.07. The number of hydrogen-bond donors (Lipinski definition) is 1. The number of nitrogens with zero attached hydrogens (tertiary/aromatic N) is 1. The molecule has 2 rings (SSSR count). The lowest BCUT2D eigenvalue weighted by Crippen LogP contribution is -1.97. The largest absolute Gasteiger partial charge is 0.456 e. The number of hydrogen-bond acceptors (Lipinski definition) is 3. The van der Waals surface area contributed by atoms with Crippen LogP contribution in [0.25, 0.3) is 0 Å². The van der Waals surface area contributed by atoms with E-state index >= 15 is 0 Å². The highest BCUT2D eigenvalue weighted by atomic mass is 79.9. The maximum atomic E-state index is 5.70. The average Bonchev–Trinajstić information content (AvgIpc) is 2.33. The Morgan fingerprint density at radius 2 is 1.94 bits per heavy atom. The maximum Gasteiger partial charge on any atom is 0.147 e. The van der Waals surface area contributed by atoms with Gasteiger partial charge in [0.05, 0.1) is 18.1 Å². The fourth-order valence-corrected chi connectivity index (χ4v) is 1.68. The van der Waals surface area contributed by atoms with E-state index < -0.39 is 0 Å². The van der Waals surface area contributed by atoms with Gasteiger partial charge >= 0.3 is 0 Å². The second-order valence-electron chi connectivity index (χ2n) is 3.50. The maximum absolute atomic E-state index is 5.70. The second kappa shape index (κ2) is 5.68. The van der Waals surface area contributed by atoms with Crippen LogP contribution >= 0.6 is 15.9 Å². The molecule has 0 saturated heterocycles. The van der Waals surface area contributed by atoms with Gasteiger partial charge in [0.2, 0.25) is 0 Å². The number of rotatable bonds is 4. The summed E-state index contributed by atoms with van der Waals surface area (Å²) in [6, 6.07) is 9.63. The minimum Gasteiger partial charge on any atom is -0.456 e. The monoisotopic (exact) mass is 292 g/mol. The summed E-state index contributed by atoms with van der Waals surface area (Å²) in [4.78, 5) is 4.12. The normalized spacial score (nSPS) is 10.0. The van der Waals surface area contributed by atoms with Gasteiger partial charge in [-0.1, -0.05) is 15.9 Å². The van der Waals surface area contributed by atoms with Gasteiger partial charge in [-0.2, -0.15) is 0 Å². The molecular formula is C13H13BrN2O. The van der Waals surface area contributed by atoms with E-state index in [2.05, 4.69) is 26.2 Å². The highest BCUT2D eigenvalue weighted by molar-refractivity contribution is 9.10. The van der Waals surface area contributed by atoms with E-state index in [4.69, 9.17) is 4.74 Å². The van der Waals surface area contributed by atoms with Gasteiger partial charge in [-0.15, -0.1) is 0 Å². The smallest absolute Gasteiger partial charge is 0.147 e. The van der Waals surface area contributed by atoms with Crippen molar-refractivity contribution in [1.29, 1.82) is 0 Å². The highest BCUT2D eigenvalue weighted by Gasteiger charge is 1.99. The summed E-state index contributed by atoms with van der Waals surface area (Å²) in [7, 11) is 0. The summed E-state index contributed by atoms with van der Waals surface area (Å²) in [6.07, 6.45) is 3.47. The van der Waals surface area contributed by atoms with Crippen LogP contribution in [0.3, 0.4) is 0 Å². The minimum absolute atomic E-state index is 0.728. The van der Waals surface area contributed by atoms with Gasteiger partial charge in [0, 0.05) is 17.1 Å². The lowest BCUT2D eigenvalue weighted by molar-refractivity contribution is 0.480. The van der Waals surface area contributed by atoms with Crippen molar-refractivity contribution in [3.05, 3.63) is 47.2 Å². The van der Waals surface area contributed by atoms with Gasteiger partial charge in [-0.05, 0) is 31.2 Å². The molecule has 0 bridgehead atoms.